The van der Waals surface area contributed by atoms with Crippen molar-refractivity contribution in [2.45, 2.75) is 13.5 Å². The van der Waals surface area contributed by atoms with E-state index in [1.165, 1.54) is 0 Å². The Morgan fingerprint density at radius 2 is 2.03 bits per heavy atom. The molecule has 0 unspecified atom stereocenters. The van der Waals surface area contributed by atoms with Gasteiger partial charge in [0.1, 0.15) is 17.2 Å². The fourth-order valence-corrected chi connectivity index (χ4v) is 3.25. The van der Waals surface area contributed by atoms with E-state index in [-0.39, 0.29) is 11.7 Å². The first-order chi connectivity index (χ1) is 14.5. The summed E-state index contributed by atoms with van der Waals surface area (Å²) >= 11 is 0. The Balaban J connectivity index is 1.50. The molecule has 0 fully saturated rings. The van der Waals surface area contributed by atoms with Crippen LogP contribution in [0.25, 0.3) is 11.0 Å². The number of carbonyl (C=O) groups excluding carboxylic acids is 1. The molecule has 7 heteroatoms. The van der Waals surface area contributed by atoms with Crippen molar-refractivity contribution in [2.75, 3.05) is 23.5 Å². The predicted molar refractivity (Wildman–Crippen MR) is 118 cm³/mol. The molecule has 0 aliphatic heterocycles. The van der Waals surface area contributed by atoms with Crippen LogP contribution in [0.1, 0.15) is 21.7 Å². The minimum atomic E-state index is -0.302. The van der Waals surface area contributed by atoms with E-state index >= 15 is 0 Å². The molecule has 0 saturated carbocycles. The number of hydrogen-bond acceptors (Lipinski definition) is 6. The van der Waals surface area contributed by atoms with Crippen LogP contribution >= 0.6 is 0 Å². The largest absolute Gasteiger partial charge is 0.497 e. The molecule has 2 aromatic heterocycles. The summed E-state index contributed by atoms with van der Waals surface area (Å²) in [6.07, 6.45) is 1.65. The van der Waals surface area contributed by atoms with Crippen LogP contribution in [-0.2, 0) is 6.54 Å². The summed E-state index contributed by atoms with van der Waals surface area (Å²) in [7, 11) is 1.61. The Morgan fingerprint density at radius 3 is 2.83 bits per heavy atom. The Bertz CT molecular complexity index is 1220. The van der Waals surface area contributed by atoms with Crippen molar-refractivity contribution >= 4 is 34.1 Å². The number of nitrogens with one attached hydrogen (secondary N) is 2. The number of carbonyl (C=O) groups is 1. The number of methoxy groups -OCH3 is 1. The Hall–Kier alpha value is -4.00. The quantitative estimate of drug-likeness (QED) is 0.436. The van der Waals surface area contributed by atoms with Crippen molar-refractivity contribution in [3.63, 3.8) is 0 Å². The number of hydrogen-bond donors (Lipinski definition) is 3. The fourth-order valence-electron chi connectivity index (χ4n) is 3.25. The lowest BCUT2D eigenvalue weighted by atomic mass is 10.1. The molecule has 0 aliphatic carbocycles. The first-order valence-electron chi connectivity index (χ1n) is 9.47. The molecule has 30 heavy (non-hydrogen) atoms. The number of rotatable bonds is 6. The molecule has 2 aromatic carbocycles. The maximum Gasteiger partial charge on any atom is 0.291 e. The van der Waals surface area contributed by atoms with E-state index in [0.717, 1.165) is 22.2 Å². The standard InChI is InChI=1S/C23H22N4O3/c1-14-18-12-17(29-2)8-9-20(18)30-21(14)23(28)27-16-6-3-5-15(11-16)13-26-19-7-4-10-25-22(19)24/h3-12,26H,13H2,1-2H3,(H2,24,25)(H,27,28). The summed E-state index contributed by atoms with van der Waals surface area (Å²) < 4.78 is 11.0. The third-order valence-corrected chi connectivity index (χ3v) is 4.86. The molecule has 0 radical (unpaired) electrons. The van der Waals surface area contributed by atoms with Gasteiger partial charge >= 0.3 is 0 Å². The second-order valence-electron chi connectivity index (χ2n) is 6.86. The molecule has 4 N–H and O–H groups in total. The van der Waals surface area contributed by atoms with Crippen molar-refractivity contribution in [3.05, 3.63) is 77.7 Å². The third-order valence-electron chi connectivity index (χ3n) is 4.86. The highest BCUT2D eigenvalue weighted by atomic mass is 16.5. The van der Waals surface area contributed by atoms with Gasteiger partial charge in [0, 0.05) is 29.4 Å². The summed E-state index contributed by atoms with van der Waals surface area (Å²) in [5, 5.41) is 7.01. The van der Waals surface area contributed by atoms with E-state index in [1.54, 1.807) is 25.4 Å². The van der Waals surface area contributed by atoms with E-state index in [4.69, 9.17) is 14.9 Å². The van der Waals surface area contributed by atoms with Gasteiger partial charge in [0.25, 0.3) is 5.91 Å². The number of pyridine rings is 1. The number of benzene rings is 2. The number of nitrogen functional groups attached to an aromatic ring is 1. The Kier molecular flexibility index (Phi) is 5.26. The number of anilines is 3. The fraction of sp³-hybridized carbons (Fsp3) is 0.130. The van der Waals surface area contributed by atoms with Crippen molar-refractivity contribution in [2.24, 2.45) is 0 Å². The second-order valence-corrected chi connectivity index (χ2v) is 6.86. The minimum Gasteiger partial charge on any atom is -0.497 e. The maximum atomic E-state index is 12.8. The van der Waals surface area contributed by atoms with Gasteiger partial charge in [-0.05, 0) is 55.0 Å². The summed E-state index contributed by atoms with van der Waals surface area (Å²) in [5.41, 5.74) is 9.70. The van der Waals surface area contributed by atoms with Gasteiger partial charge in [0.15, 0.2) is 5.76 Å². The molecule has 2 heterocycles. The van der Waals surface area contributed by atoms with Crippen molar-refractivity contribution in [1.82, 2.24) is 4.98 Å². The van der Waals surface area contributed by atoms with Crippen LogP contribution in [0.15, 0.2) is 65.2 Å². The average Bonchev–Trinajstić information content (AvgIpc) is 3.09. The highest BCUT2D eigenvalue weighted by Crippen LogP contribution is 2.29. The van der Waals surface area contributed by atoms with Gasteiger partial charge in [-0.1, -0.05) is 12.1 Å². The zero-order valence-corrected chi connectivity index (χ0v) is 16.7. The lowest BCUT2D eigenvalue weighted by molar-refractivity contribution is 0.0998. The average molecular weight is 402 g/mol. The van der Waals surface area contributed by atoms with Crippen molar-refractivity contribution in [1.29, 1.82) is 0 Å². The molecule has 152 valence electrons. The Labute approximate surface area is 173 Å². The Morgan fingerprint density at radius 1 is 1.17 bits per heavy atom. The molecule has 0 spiro atoms. The highest BCUT2D eigenvalue weighted by Gasteiger charge is 2.18. The number of nitrogens with two attached hydrogens (primary N) is 1. The van der Waals surface area contributed by atoms with E-state index in [0.29, 0.717) is 29.4 Å². The smallest absolute Gasteiger partial charge is 0.291 e. The number of ether oxygens (including phenoxy) is 1. The molecule has 0 atom stereocenters. The molecule has 0 bridgehead atoms. The van der Waals surface area contributed by atoms with Crippen LogP contribution in [-0.4, -0.2) is 18.0 Å². The minimum absolute atomic E-state index is 0.282. The van der Waals surface area contributed by atoms with Crippen LogP contribution in [0.2, 0.25) is 0 Å². The normalized spacial score (nSPS) is 10.7. The van der Waals surface area contributed by atoms with E-state index in [9.17, 15) is 4.79 Å². The van der Waals surface area contributed by atoms with Crippen LogP contribution in [0.3, 0.4) is 0 Å². The first-order valence-corrected chi connectivity index (χ1v) is 9.47. The second kappa shape index (κ2) is 8.16. The van der Waals surface area contributed by atoms with Gasteiger partial charge in [-0.2, -0.15) is 0 Å². The van der Waals surface area contributed by atoms with E-state index in [2.05, 4.69) is 15.6 Å². The monoisotopic (exact) mass is 402 g/mol. The predicted octanol–water partition coefficient (Wildman–Crippen LogP) is 4.59. The number of aryl methyl sites for hydroxylation is 1. The van der Waals surface area contributed by atoms with E-state index in [1.807, 2.05) is 49.4 Å². The van der Waals surface area contributed by atoms with Gasteiger partial charge < -0.3 is 25.5 Å². The van der Waals surface area contributed by atoms with Crippen molar-refractivity contribution in [3.8, 4) is 5.75 Å². The molecule has 4 rings (SSSR count). The summed E-state index contributed by atoms with van der Waals surface area (Å²) in [5.74, 6) is 1.14. The number of amides is 1. The van der Waals surface area contributed by atoms with Gasteiger partial charge in [0.2, 0.25) is 0 Å². The van der Waals surface area contributed by atoms with Crippen LogP contribution in [0.4, 0.5) is 17.2 Å². The molecule has 0 saturated heterocycles. The molecule has 7 nitrogen and oxygen atoms in total. The lowest BCUT2D eigenvalue weighted by Gasteiger charge is -2.10. The van der Waals surface area contributed by atoms with E-state index < -0.39 is 0 Å². The maximum absolute atomic E-state index is 12.8. The SMILES string of the molecule is COc1ccc2oc(C(=O)Nc3cccc(CNc4cccnc4N)c3)c(C)c2c1. The lowest BCUT2D eigenvalue weighted by Crippen LogP contribution is -2.12. The number of nitrogens with zero attached hydrogens (tertiary/aromatic N) is 1. The van der Waals surface area contributed by atoms with Crippen LogP contribution < -0.4 is 21.1 Å². The summed E-state index contributed by atoms with van der Waals surface area (Å²) in [6, 6.07) is 16.7. The van der Waals surface area contributed by atoms with Crippen LogP contribution in [0, 0.1) is 6.92 Å². The molecular weight excluding hydrogens is 380 g/mol. The topological polar surface area (TPSA) is 102 Å². The summed E-state index contributed by atoms with van der Waals surface area (Å²) in [6.45, 7) is 2.40. The number of aromatic nitrogens is 1. The molecule has 1 amide bonds. The zero-order chi connectivity index (χ0) is 21.1. The van der Waals surface area contributed by atoms with Crippen LogP contribution in [0.5, 0.6) is 5.75 Å². The highest BCUT2D eigenvalue weighted by molar-refractivity contribution is 6.06. The summed E-state index contributed by atoms with van der Waals surface area (Å²) in [4.78, 5) is 16.9. The van der Waals surface area contributed by atoms with Gasteiger partial charge in [-0.3, -0.25) is 4.79 Å². The molecule has 0 aliphatic rings. The van der Waals surface area contributed by atoms with Crippen molar-refractivity contribution < 1.29 is 13.9 Å². The number of fused-ring (bicyclic) bond motifs is 1. The van der Waals surface area contributed by atoms with Gasteiger partial charge in [0.05, 0.1) is 12.8 Å². The zero-order valence-electron chi connectivity index (χ0n) is 16.7. The molecular formula is C23H22N4O3. The van der Waals surface area contributed by atoms with Gasteiger partial charge in [-0.25, -0.2) is 4.98 Å². The number of furan rings is 1. The molecule has 4 aromatic rings. The third kappa shape index (κ3) is 3.91. The first kappa shape index (κ1) is 19.3. The van der Waals surface area contributed by atoms with Gasteiger partial charge in [-0.15, -0.1) is 0 Å².